The molecule has 2 unspecified atom stereocenters. The van der Waals surface area contributed by atoms with Gasteiger partial charge in [-0.2, -0.15) is 0 Å². The monoisotopic (exact) mass is 184 g/mol. The highest BCUT2D eigenvalue weighted by molar-refractivity contribution is 5.79. The van der Waals surface area contributed by atoms with Crippen LogP contribution in [0.25, 0.3) is 0 Å². The Labute approximate surface area is 77.8 Å². The first-order valence-electron chi connectivity index (χ1n) is 4.88. The Hall–Kier alpha value is -0.610. The Morgan fingerprint density at radius 1 is 1.46 bits per heavy atom. The molecule has 4 heteroatoms. The third-order valence-electron chi connectivity index (χ3n) is 2.72. The molecule has 4 nitrogen and oxygen atoms in total. The third kappa shape index (κ3) is 2.19. The first-order chi connectivity index (χ1) is 6.27. The average Bonchev–Trinajstić information content (AvgIpc) is 2.84. The molecule has 0 aromatic rings. The van der Waals surface area contributed by atoms with Gasteiger partial charge in [0.15, 0.2) is 0 Å². The molecule has 0 spiro atoms. The normalized spacial score (nSPS) is 33.3. The van der Waals surface area contributed by atoms with Crippen molar-refractivity contribution in [2.45, 2.75) is 18.9 Å². The lowest BCUT2D eigenvalue weighted by Crippen LogP contribution is -2.41. The molecule has 13 heavy (non-hydrogen) atoms. The number of nitrogens with two attached hydrogens (primary N) is 1. The van der Waals surface area contributed by atoms with Crippen molar-refractivity contribution >= 4 is 5.91 Å². The molecule has 0 aromatic heterocycles. The Bertz CT molecular complexity index is 204. The molecule has 1 saturated heterocycles. The number of hydrogen-bond acceptors (Lipinski definition) is 3. The van der Waals surface area contributed by atoms with Gasteiger partial charge in [0, 0.05) is 12.6 Å². The minimum absolute atomic E-state index is 0.0666. The lowest BCUT2D eigenvalue weighted by atomic mass is 10.0. The zero-order valence-electron chi connectivity index (χ0n) is 7.66. The first-order valence-corrected chi connectivity index (χ1v) is 4.88. The maximum absolute atomic E-state index is 11.5. The van der Waals surface area contributed by atoms with Crippen LogP contribution in [-0.4, -0.2) is 31.7 Å². The molecule has 0 radical (unpaired) electrons. The molecular formula is C9H16N2O2. The zero-order valence-corrected chi connectivity index (χ0v) is 7.66. The van der Waals surface area contributed by atoms with Gasteiger partial charge in [-0.3, -0.25) is 4.79 Å². The van der Waals surface area contributed by atoms with Crippen LogP contribution in [0.5, 0.6) is 0 Å². The van der Waals surface area contributed by atoms with Crippen molar-refractivity contribution in [2.75, 3.05) is 19.8 Å². The van der Waals surface area contributed by atoms with Crippen molar-refractivity contribution in [2.24, 2.45) is 17.6 Å². The molecule has 1 heterocycles. The highest BCUT2D eigenvalue weighted by Gasteiger charge is 2.32. The largest absolute Gasteiger partial charge is 0.379 e. The van der Waals surface area contributed by atoms with Gasteiger partial charge in [-0.05, 0) is 18.8 Å². The standard InChI is InChI=1S/C9H16N2O2/c10-8-5-13-4-7(8)9(12)11-3-6-1-2-6/h6-8H,1-5,10H2,(H,11,12). The van der Waals surface area contributed by atoms with Gasteiger partial charge in [-0.25, -0.2) is 0 Å². The highest BCUT2D eigenvalue weighted by Crippen LogP contribution is 2.27. The number of amides is 1. The van der Waals surface area contributed by atoms with Gasteiger partial charge in [0.1, 0.15) is 0 Å². The number of nitrogens with one attached hydrogen (secondary N) is 1. The minimum atomic E-state index is -0.126. The fraction of sp³-hybridized carbons (Fsp3) is 0.889. The van der Waals surface area contributed by atoms with Crippen molar-refractivity contribution in [1.82, 2.24) is 5.32 Å². The van der Waals surface area contributed by atoms with Gasteiger partial charge >= 0.3 is 0 Å². The lowest BCUT2D eigenvalue weighted by Gasteiger charge is -2.12. The summed E-state index contributed by atoms with van der Waals surface area (Å²) in [5.74, 6) is 0.665. The Kier molecular flexibility index (Phi) is 2.51. The molecule has 0 aromatic carbocycles. The number of hydrogen-bond donors (Lipinski definition) is 2. The van der Waals surface area contributed by atoms with E-state index in [2.05, 4.69) is 5.32 Å². The smallest absolute Gasteiger partial charge is 0.227 e. The molecule has 2 atom stereocenters. The van der Waals surface area contributed by atoms with E-state index in [-0.39, 0.29) is 17.9 Å². The molecule has 2 aliphatic rings. The lowest BCUT2D eigenvalue weighted by molar-refractivity contribution is -0.125. The summed E-state index contributed by atoms with van der Waals surface area (Å²) >= 11 is 0. The summed E-state index contributed by atoms with van der Waals surface area (Å²) in [7, 11) is 0. The minimum Gasteiger partial charge on any atom is -0.379 e. The summed E-state index contributed by atoms with van der Waals surface area (Å²) in [6.45, 7) is 1.82. The molecule has 2 rings (SSSR count). The zero-order chi connectivity index (χ0) is 9.26. The van der Waals surface area contributed by atoms with Crippen molar-refractivity contribution in [3.05, 3.63) is 0 Å². The van der Waals surface area contributed by atoms with Crippen molar-refractivity contribution in [3.63, 3.8) is 0 Å². The SMILES string of the molecule is NC1COCC1C(=O)NCC1CC1. The maximum atomic E-state index is 11.5. The van der Waals surface area contributed by atoms with E-state index in [1.54, 1.807) is 0 Å². The van der Waals surface area contributed by atoms with Gasteiger partial charge in [-0.1, -0.05) is 0 Å². The second-order valence-corrected chi connectivity index (χ2v) is 4.00. The summed E-state index contributed by atoms with van der Waals surface area (Å²) in [5, 5.41) is 2.92. The summed E-state index contributed by atoms with van der Waals surface area (Å²) in [4.78, 5) is 11.5. The van der Waals surface area contributed by atoms with E-state index in [0.29, 0.717) is 13.2 Å². The number of carbonyl (C=O) groups is 1. The maximum Gasteiger partial charge on any atom is 0.227 e. The molecule has 1 amide bonds. The van der Waals surface area contributed by atoms with Gasteiger partial charge in [0.2, 0.25) is 5.91 Å². The molecule has 0 bridgehead atoms. The fourth-order valence-electron chi connectivity index (χ4n) is 1.54. The van der Waals surface area contributed by atoms with Crippen LogP contribution >= 0.6 is 0 Å². The van der Waals surface area contributed by atoms with E-state index in [1.165, 1.54) is 12.8 Å². The second-order valence-electron chi connectivity index (χ2n) is 4.00. The van der Waals surface area contributed by atoms with E-state index in [0.717, 1.165) is 12.5 Å². The second kappa shape index (κ2) is 3.64. The van der Waals surface area contributed by atoms with Gasteiger partial charge in [0.05, 0.1) is 19.1 Å². The molecule has 1 saturated carbocycles. The topological polar surface area (TPSA) is 64.3 Å². The molecule has 74 valence electrons. The van der Waals surface area contributed by atoms with E-state index < -0.39 is 0 Å². The number of ether oxygens (including phenoxy) is 1. The van der Waals surface area contributed by atoms with Gasteiger partial charge in [-0.15, -0.1) is 0 Å². The van der Waals surface area contributed by atoms with Crippen LogP contribution in [0.2, 0.25) is 0 Å². The Balaban J connectivity index is 1.74. The summed E-state index contributed by atoms with van der Waals surface area (Å²) in [6, 6.07) is -0.112. The Morgan fingerprint density at radius 2 is 2.23 bits per heavy atom. The van der Waals surface area contributed by atoms with Crippen LogP contribution in [0.15, 0.2) is 0 Å². The fourth-order valence-corrected chi connectivity index (χ4v) is 1.54. The molecule has 1 aliphatic carbocycles. The van der Waals surface area contributed by atoms with Crippen LogP contribution in [0.4, 0.5) is 0 Å². The van der Waals surface area contributed by atoms with Gasteiger partial charge < -0.3 is 15.8 Å². The first kappa shape index (κ1) is 8.97. The predicted octanol–water partition coefficient (Wildman–Crippen LogP) is -0.514. The molecule has 3 N–H and O–H groups in total. The van der Waals surface area contributed by atoms with E-state index in [9.17, 15) is 4.79 Å². The van der Waals surface area contributed by atoms with Crippen molar-refractivity contribution in [1.29, 1.82) is 0 Å². The predicted molar refractivity (Wildman–Crippen MR) is 48.0 cm³/mol. The van der Waals surface area contributed by atoms with Gasteiger partial charge in [0.25, 0.3) is 0 Å². The third-order valence-corrected chi connectivity index (χ3v) is 2.72. The van der Waals surface area contributed by atoms with Crippen molar-refractivity contribution in [3.8, 4) is 0 Å². The van der Waals surface area contributed by atoms with Crippen LogP contribution in [0, 0.1) is 11.8 Å². The van der Waals surface area contributed by atoms with Crippen molar-refractivity contribution < 1.29 is 9.53 Å². The van der Waals surface area contributed by atoms with E-state index >= 15 is 0 Å². The molecule has 2 fully saturated rings. The number of carbonyl (C=O) groups excluding carboxylic acids is 1. The summed E-state index contributed by atoms with van der Waals surface area (Å²) < 4.78 is 5.13. The Morgan fingerprint density at radius 3 is 2.77 bits per heavy atom. The van der Waals surface area contributed by atoms with Crippen LogP contribution in [0.3, 0.4) is 0 Å². The number of rotatable bonds is 3. The van der Waals surface area contributed by atoms with Crippen LogP contribution in [0.1, 0.15) is 12.8 Å². The molecule has 1 aliphatic heterocycles. The summed E-state index contributed by atoms with van der Waals surface area (Å²) in [6.07, 6.45) is 2.51. The van der Waals surface area contributed by atoms with E-state index in [1.807, 2.05) is 0 Å². The summed E-state index contributed by atoms with van der Waals surface area (Å²) in [5.41, 5.74) is 5.72. The quantitative estimate of drug-likeness (QED) is 0.620. The van der Waals surface area contributed by atoms with Crippen LogP contribution in [-0.2, 0) is 9.53 Å². The highest BCUT2D eigenvalue weighted by atomic mass is 16.5. The van der Waals surface area contributed by atoms with E-state index in [4.69, 9.17) is 10.5 Å². The average molecular weight is 184 g/mol. The van der Waals surface area contributed by atoms with Crippen LogP contribution < -0.4 is 11.1 Å². The molecular weight excluding hydrogens is 168 g/mol.